The lowest BCUT2D eigenvalue weighted by atomic mass is 9.74. The summed E-state index contributed by atoms with van der Waals surface area (Å²) in [5, 5.41) is 9.82. The molecule has 2 atom stereocenters. The number of phenols is 1. The van der Waals surface area contributed by atoms with Gasteiger partial charge in [0.2, 0.25) is 0 Å². The van der Waals surface area contributed by atoms with Crippen LogP contribution >= 0.6 is 0 Å². The maximum atomic E-state index is 9.82. The number of benzene rings is 2. The van der Waals surface area contributed by atoms with Crippen molar-refractivity contribution in [1.82, 2.24) is 4.90 Å². The Labute approximate surface area is 138 Å². The van der Waals surface area contributed by atoms with Gasteiger partial charge in [-0.05, 0) is 67.3 Å². The van der Waals surface area contributed by atoms with Crippen molar-refractivity contribution in [3.05, 3.63) is 65.7 Å². The van der Waals surface area contributed by atoms with Gasteiger partial charge in [0, 0.05) is 12.6 Å². The molecule has 2 bridgehead atoms. The third-order valence-corrected chi connectivity index (χ3v) is 5.97. The molecule has 1 N–H and O–H groups in total. The van der Waals surface area contributed by atoms with E-state index in [4.69, 9.17) is 0 Å². The van der Waals surface area contributed by atoms with Crippen molar-refractivity contribution in [2.45, 2.75) is 43.6 Å². The average molecular weight is 307 g/mol. The number of fused-ring (bicyclic) bond motifs is 2. The number of rotatable bonds is 4. The van der Waals surface area contributed by atoms with Crippen molar-refractivity contribution in [1.29, 1.82) is 0 Å². The fourth-order valence-corrected chi connectivity index (χ4v) is 4.63. The quantitative estimate of drug-likeness (QED) is 0.918. The van der Waals surface area contributed by atoms with Crippen molar-refractivity contribution >= 4 is 0 Å². The van der Waals surface area contributed by atoms with Crippen LogP contribution in [0.25, 0.3) is 0 Å². The molecule has 4 rings (SSSR count). The topological polar surface area (TPSA) is 23.5 Å². The highest BCUT2D eigenvalue weighted by Gasteiger charge is 2.46. The first-order valence-corrected chi connectivity index (χ1v) is 8.83. The van der Waals surface area contributed by atoms with Gasteiger partial charge in [0.15, 0.2) is 0 Å². The maximum Gasteiger partial charge on any atom is 0.115 e. The first kappa shape index (κ1) is 14.8. The highest BCUT2D eigenvalue weighted by Crippen LogP contribution is 2.49. The smallest absolute Gasteiger partial charge is 0.115 e. The SMILES string of the molecule is Oc1cccc(C23CCC(C2)N(CCc2ccccc2)CC3)c1. The lowest BCUT2D eigenvalue weighted by Gasteiger charge is -2.40. The van der Waals surface area contributed by atoms with E-state index in [1.54, 1.807) is 6.07 Å². The van der Waals surface area contributed by atoms with Crippen LogP contribution in [0.4, 0.5) is 0 Å². The van der Waals surface area contributed by atoms with E-state index in [1.807, 2.05) is 12.1 Å². The predicted octanol–water partition coefficient (Wildman–Crippen LogP) is 4.13. The Morgan fingerprint density at radius 2 is 1.91 bits per heavy atom. The fraction of sp³-hybridized carbons (Fsp3) is 0.429. The van der Waals surface area contributed by atoms with Gasteiger partial charge < -0.3 is 5.11 Å². The number of hydrogen-bond donors (Lipinski definition) is 1. The molecular weight excluding hydrogens is 282 g/mol. The van der Waals surface area contributed by atoms with Gasteiger partial charge in [0.1, 0.15) is 5.75 Å². The van der Waals surface area contributed by atoms with Crippen LogP contribution < -0.4 is 0 Å². The summed E-state index contributed by atoms with van der Waals surface area (Å²) in [5.74, 6) is 0.409. The van der Waals surface area contributed by atoms with Crippen molar-refractivity contribution in [3.8, 4) is 5.75 Å². The van der Waals surface area contributed by atoms with E-state index in [0.717, 1.165) is 12.5 Å². The van der Waals surface area contributed by atoms with Gasteiger partial charge in [-0.1, -0.05) is 42.5 Å². The van der Waals surface area contributed by atoms with Crippen LogP contribution in [0.1, 0.15) is 36.8 Å². The highest BCUT2D eigenvalue weighted by atomic mass is 16.3. The zero-order valence-electron chi connectivity index (χ0n) is 13.6. The molecule has 1 aliphatic heterocycles. The minimum Gasteiger partial charge on any atom is -0.508 e. The summed E-state index contributed by atoms with van der Waals surface area (Å²) in [6.45, 7) is 2.36. The summed E-state index contributed by atoms with van der Waals surface area (Å²) in [4.78, 5) is 2.70. The molecule has 0 aromatic heterocycles. The molecule has 2 nitrogen and oxygen atoms in total. The van der Waals surface area contributed by atoms with E-state index in [1.165, 1.54) is 49.9 Å². The second-order valence-electron chi connectivity index (χ2n) is 7.25. The third kappa shape index (κ3) is 2.88. The summed E-state index contributed by atoms with van der Waals surface area (Å²) in [5.41, 5.74) is 3.10. The van der Waals surface area contributed by atoms with Crippen LogP contribution in [0.5, 0.6) is 5.75 Å². The molecule has 2 aromatic rings. The van der Waals surface area contributed by atoms with Crippen molar-refractivity contribution in [3.63, 3.8) is 0 Å². The minimum absolute atomic E-state index is 0.312. The second kappa shape index (κ2) is 6.01. The number of piperidine rings is 1. The van der Waals surface area contributed by atoms with Crippen LogP contribution in [0, 0.1) is 0 Å². The van der Waals surface area contributed by atoms with Gasteiger partial charge in [-0.15, -0.1) is 0 Å². The van der Waals surface area contributed by atoms with Gasteiger partial charge in [-0.25, -0.2) is 0 Å². The molecule has 1 saturated heterocycles. The number of likely N-dealkylation sites (tertiary alicyclic amines) is 1. The molecular formula is C21H25NO. The summed E-state index contributed by atoms with van der Waals surface area (Å²) in [7, 11) is 0. The Hall–Kier alpha value is -1.80. The van der Waals surface area contributed by atoms with Gasteiger partial charge in [0.25, 0.3) is 0 Å². The molecule has 23 heavy (non-hydrogen) atoms. The second-order valence-corrected chi connectivity index (χ2v) is 7.25. The Bertz CT molecular complexity index is 669. The van der Waals surface area contributed by atoms with Crippen molar-refractivity contribution < 1.29 is 5.11 Å². The van der Waals surface area contributed by atoms with Crippen LogP contribution in [0.3, 0.4) is 0 Å². The first-order chi connectivity index (χ1) is 11.3. The van der Waals surface area contributed by atoms with Gasteiger partial charge >= 0.3 is 0 Å². The molecule has 2 aromatic carbocycles. The molecule has 2 heteroatoms. The molecule has 1 heterocycles. The van der Waals surface area contributed by atoms with E-state index in [9.17, 15) is 5.11 Å². The van der Waals surface area contributed by atoms with Crippen LogP contribution in [0.15, 0.2) is 54.6 Å². The molecule has 2 aliphatic rings. The zero-order valence-corrected chi connectivity index (χ0v) is 13.6. The highest BCUT2D eigenvalue weighted by molar-refractivity contribution is 5.35. The van der Waals surface area contributed by atoms with E-state index in [2.05, 4.69) is 41.3 Å². The third-order valence-electron chi connectivity index (χ3n) is 5.97. The normalized spacial score (nSPS) is 27.2. The molecule has 0 radical (unpaired) electrons. The Morgan fingerprint density at radius 1 is 1.04 bits per heavy atom. The fourth-order valence-electron chi connectivity index (χ4n) is 4.63. The van der Waals surface area contributed by atoms with Crippen molar-refractivity contribution in [2.75, 3.05) is 13.1 Å². The minimum atomic E-state index is 0.312. The van der Waals surface area contributed by atoms with Crippen LogP contribution in [-0.2, 0) is 11.8 Å². The Kier molecular flexibility index (Phi) is 3.86. The van der Waals surface area contributed by atoms with Gasteiger partial charge in [-0.3, -0.25) is 4.90 Å². The Balaban J connectivity index is 1.43. The molecule has 0 spiro atoms. The summed E-state index contributed by atoms with van der Waals surface area (Å²) in [6, 6.07) is 19.5. The van der Waals surface area contributed by atoms with Crippen LogP contribution in [-0.4, -0.2) is 29.1 Å². The number of aromatic hydroxyl groups is 1. The lowest BCUT2D eigenvalue weighted by molar-refractivity contribution is 0.142. The Morgan fingerprint density at radius 3 is 2.74 bits per heavy atom. The van der Waals surface area contributed by atoms with E-state index in [-0.39, 0.29) is 0 Å². The van der Waals surface area contributed by atoms with Crippen molar-refractivity contribution in [2.24, 2.45) is 0 Å². The molecule has 1 aliphatic carbocycles. The largest absolute Gasteiger partial charge is 0.508 e. The van der Waals surface area contributed by atoms with E-state index < -0.39 is 0 Å². The number of hydrogen-bond acceptors (Lipinski definition) is 2. The lowest BCUT2D eigenvalue weighted by Crippen LogP contribution is -2.43. The zero-order chi connectivity index (χ0) is 15.7. The summed E-state index contributed by atoms with van der Waals surface area (Å²) >= 11 is 0. The number of phenolic OH excluding ortho intramolecular Hbond substituents is 1. The summed E-state index contributed by atoms with van der Waals surface area (Å²) in [6.07, 6.45) is 6.19. The standard InChI is InChI=1S/C21H25NO/c23-20-8-4-7-18(15-20)21-11-9-19(16-21)22(14-12-21)13-10-17-5-2-1-3-6-17/h1-8,15,19,23H,9-14,16H2. The monoisotopic (exact) mass is 307 g/mol. The number of nitrogens with zero attached hydrogens (tertiary/aromatic N) is 1. The van der Waals surface area contributed by atoms with Gasteiger partial charge in [-0.2, -0.15) is 0 Å². The molecule has 0 amide bonds. The molecule has 120 valence electrons. The van der Waals surface area contributed by atoms with Crippen LogP contribution in [0.2, 0.25) is 0 Å². The first-order valence-electron chi connectivity index (χ1n) is 8.83. The maximum absolute atomic E-state index is 9.82. The van der Waals surface area contributed by atoms with Gasteiger partial charge in [0.05, 0.1) is 0 Å². The molecule has 2 unspecified atom stereocenters. The molecule has 1 saturated carbocycles. The predicted molar refractivity (Wildman–Crippen MR) is 93.8 cm³/mol. The van der Waals surface area contributed by atoms with E-state index in [0.29, 0.717) is 11.2 Å². The van der Waals surface area contributed by atoms with E-state index >= 15 is 0 Å². The summed E-state index contributed by atoms with van der Waals surface area (Å²) < 4.78 is 0. The molecule has 2 fully saturated rings. The average Bonchev–Trinajstić information content (AvgIpc) is 2.94.